The molecule has 30 heavy (non-hydrogen) atoms. The lowest BCUT2D eigenvalue weighted by Gasteiger charge is -2.18. The van der Waals surface area contributed by atoms with E-state index in [1.165, 1.54) is 6.92 Å². The Hall–Kier alpha value is -3.10. The van der Waals surface area contributed by atoms with Crippen LogP contribution in [0, 0.1) is 27.9 Å². The molecule has 0 saturated heterocycles. The first kappa shape index (κ1) is 23.2. The highest BCUT2D eigenvalue weighted by Gasteiger charge is 2.44. The maximum absolute atomic E-state index is 12.1. The normalized spacial score (nSPS) is 21.7. The van der Waals surface area contributed by atoms with E-state index in [4.69, 9.17) is 4.74 Å². The summed E-state index contributed by atoms with van der Waals surface area (Å²) in [4.78, 5) is 58.5. The van der Waals surface area contributed by atoms with Crippen molar-refractivity contribution in [2.75, 3.05) is 13.2 Å². The second-order valence-electron chi connectivity index (χ2n) is 7.72. The average Bonchev–Trinajstić information content (AvgIpc) is 2.93. The fraction of sp³-hybridized carbons (Fsp3) is 0.524. The second kappa shape index (κ2) is 10.6. The van der Waals surface area contributed by atoms with Crippen LogP contribution in [-0.4, -0.2) is 47.6 Å². The molecule has 1 fully saturated rings. The number of ether oxygens (including phenoxy) is 1. The zero-order chi connectivity index (χ0) is 22.3. The van der Waals surface area contributed by atoms with E-state index < -0.39 is 41.3 Å². The molecule has 0 spiro atoms. The van der Waals surface area contributed by atoms with E-state index in [2.05, 4.69) is 5.32 Å². The number of hydrogen-bond donors (Lipinski definition) is 1. The van der Waals surface area contributed by atoms with Gasteiger partial charge >= 0.3 is 5.97 Å². The Labute approximate surface area is 174 Å². The summed E-state index contributed by atoms with van der Waals surface area (Å²) >= 11 is 0. The molecule has 1 N–H and O–H groups in total. The van der Waals surface area contributed by atoms with Crippen molar-refractivity contribution in [3.63, 3.8) is 0 Å². The Morgan fingerprint density at radius 3 is 2.53 bits per heavy atom. The van der Waals surface area contributed by atoms with Crippen LogP contribution in [0.5, 0.6) is 0 Å². The molecule has 2 rings (SSSR count). The van der Waals surface area contributed by atoms with Crippen molar-refractivity contribution < 1.29 is 28.8 Å². The van der Waals surface area contributed by atoms with Crippen molar-refractivity contribution in [1.82, 2.24) is 5.32 Å². The second-order valence-corrected chi connectivity index (χ2v) is 7.72. The number of benzene rings is 1. The van der Waals surface area contributed by atoms with E-state index >= 15 is 0 Å². The van der Waals surface area contributed by atoms with Crippen LogP contribution in [0.15, 0.2) is 30.3 Å². The summed E-state index contributed by atoms with van der Waals surface area (Å²) in [5, 5.41) is 13.4. The third-order valence-electron chi connectivity index (χ3n) is 5.40. The summed E-state index contributed by atoms with van der Waals surface area (Å²) in [6.07, 6.45) is 0.207. The number of nitrogens with zero attached hydrogens (tertiary/aromatic N) is 1. The zero-order valence-corrected chi connectivity index (χ0v) is 17.0. The number of nitrogens with one attached hydrogen (secondary N) is 1. The molecule has 4 atom stereocenters. The summed E-state index contributed by atoms with van der Waals surface area (Å²) in [7, 11) is 0. The molecule has 1 saturated carbocycles. The Bertz CT molecular complexity index is 809. The summed E-state index contributed by atoms with van der Waals surface area (Å²) in [5.41, 5.74) is 0.876. The van der Waals surface area contributed by atoms with Gasteiger partial charge in [-0.25, -0.2) is 0 Å². The number of esters is 1. The van der Waals surface area contributed by atoms with Gasteiger partial charge in [0.05, 0.1) is 12.5 Å². The number of carbonyl (C=O) groups excluding carboxylic acids is 4. The Morgan fingerprint density at radius 1 is 1.27 bits per heavy atom. The SMILES string of the molecule is CC(=O)[C@H](Cc1ccccc1)NC(=O)COC(=O)C[C@@H]1C(=O)C[C@H](C)[C@H]1C[N+](=O)[O-]. The number of ketones is 2. The average molecular weight is 418 g/mol. The van der Waals surface area contributed by atoms with Gasteiger partial charge in [0.1, 0.15) is 5.78 Å². The lowest BCUT2D eigenvalue weighted by atomic mass is 9.88. The number of rotatable bonds is 10. The van der Waals surface area contributed by atoms with E-state index in [9.17, 15) is 29.3 Å². The Balaban J connectivity index is 1.85. The van der Waals surface area contributed by atoms with E-state index in [0.29, 0.717) is 6.42 Å². The molecule has 1 aliphatic rings. The van der Waals surface area contributed by atoms with E-state index in [0.717, 1.165) is 5.56 Å². The van der Waals surface area contributed by atoms with Crippen LogP contribution in [0.25, 0.3) is 0 Å². The molecule has 0 heterocycles. The molecule has 0 aromatic heterocycles. The van der Waals surface area contributed by atoms with Gasteiger partial charge in [-0.3, -0.25) is 29.3 Å². The minimum Gasteiger partial charge on any atom is -0.456 e. The lowest BCUT2D eigenvalue weighted by Crippen LogP contribution is -2.43. The van der Waals surface area contributed by atoms with Crippen LogP contribution in [0.1, 0.15) is 32.3 Å². The summed E-state index contributed by atoms with van der Waals surface area (Å²) in [6.45, 7) is 2.14. The molecule has 0 bridgehead atoms. The van der Waals surface area contributed by atoms with E-state index in [-0.39, 0.29) is 36.9 Å². The molecule has 0 radical (unpaired) electrons. The predicted octanol–water partition coefficient (Wildman–Crippen LogP) is 1.35. The summed E-state index contributed by atoms with van der Waals surface area (Å²) < 4.78 is 4.95. The fourth-order valence-electron chi connectivity index (χ4n) is 3.77. The number of amides is 1. The van der Waals surface area contributed by atoms with E-state index in [1.54, 1.807) is 6.92 Å². The molecule has 0 aliphatic heterocycles. The first-order chi connectivity index (χ1) is 14.2. The Morgan fingerprint density at radius 2 is 1.93 bits per heavy atom. The third kappa shape index (κ3) is 6.75. The van der Waals surface area contributed by atoms with Crippen molar-refractivity contribution in [2.45, 2.75) is 39.2 Å². The maximum atomic E-state index is 12.1. The lowest BCUT2D eigenvalue weighted by molar-refractivity contribution is -0.490. The van der Waals surface area contributed by atoms with Gasteiger partial charge in [-0.05, 0) is 24.8 Å². The van der Waals surface area contributed by atoms with Crippen LogP contribution in [-0.2, 0) is 30.3 Å². The molecule has 162 valence electrons. The molecule has 1 aromatic carbocycles. The molecule has 1 amide bonds. The molecule has 0 unspecified atom stereocenters. The van der Waals surface area contributed by atoms with Crippen molar-refractivity contribution in [2.24, 2.45) is 17.8 Å². The van der Waals surface area contributed by atoms with Gasteiger partial charge in [-0.2, -0.15) is 0 Å². The van der Waals surface area contributed by atoms with Crippen LogP contribution < -0.4 is 5.32 Å². The quantitative estimate of drug-likeness (QED) is 0.344. The van der Waals surface area contributed by atoms with Crippen LogP contribution in [0.4, 0.5) is 0 Å². The van der Waals surface area contributed by atoms with Gasteiger partial charge in [0.25, 0.3) is 5.91 Å². The van der Waals surface area contributed by atoms with Gasteiger partial charge in [0, 0.05) is 23.2 Å². The molecule has 1 aliphatic carbocycles. The monoisotopic (exact) mass is 418 g/mol. The third-order valence-corrected chi connectivity index (χ3v) is 5.40. The fourth-order valence-corrected chi connectivity index (χ4v) is 3.77. The van der Waals surface area contributed by atoms with Gasteiger partial charge in [0.15, 0.2) is 12.4 Å². The molecular formula is C21H26N2O7. The number of nitro groups is 1. The predicted molar refractivity (Wildman–Crippen MR) is 106 cm³/mol. The van der Waals surface area contributed by atoms with Crippen LogP contribution in [0.3, 0.4) is 0 Å². The van der Waals surface area contributed by atoms with Crippen molar-refractivity contribution in [3.05, 3.63) is 46.0 Å². The largest absolute Gasteiger partial charge is 0.456 e. The first-order valence-electron chi connectivity index (χ1n) is 9.81. The molecule has 9 nitrogen and oxygen atoms in total. The summed E-state index contributed by atoms with van der Waals surface area (Å²) in [6, 6.07) is 8.42. The highest BCUT2D eigenvalue weighted by Crippen LogP contribution is 2.36. The molecule has 9 heteroatoms. The minimum absolute atomic E-state index is 0.182. The van der Waals surface area contributed by atoms with E-state index in [1.807, 2.05) is 30.3 Å². The highest BCUT2D eigenvalue weighted by molar-refractivity contribution is 5.90. The maximum Gasteiger partial charge on any atom is 0.307 e. The number of hydrogen-bond acceptors (Lipinski definition) is 7. The molecular weight excluding hydrogens is 392 g/mol. The first-order valence-corrected chi connectivity index (χ1v) is 9.81. The van der Waals surface area contributed by atoms with Gasteiger partial charge in [-0.15, -0.1) is 0 Å². The van der Waals surface area contributed by atoms with Crippen molar-refractivity contribution >= 4 is 23.4 Å². The Kier molecular flexibility index (Phi) is 8.20. The van der Waals surface area contributed by atoms with Crippen LogP contribution in [0.2, 0.25) is 0 Å². The van der Waals surface area contributed by atoms with Crippen molar-refractivity contribution in [3.8, 4) is 0 Å². The highest BCUT2D eigenvalue weighted by atomic mass is 16.6. The minimum atomic E-state index is -0.774. The van der Waals surface area contributed by atoms with Crippen molar-refractivity contribution in [1.29, 1.82) is 0 Å². The van der Waals surface area contributed by atoms with Crippen LogP contribution >= 0.6 is 0 Å². The standard InChI is InChI=1S/C21H26N2O7/c1-13-8-19(25)16(17(13)11-23(28)29)10-21(27)30-12-20(26)22-18(14(2)24)9-15-6-4-3-5-7-15/h3-7,13,16-18H,8-12H2,1-2H3,(H,22,26)/t13-,16-,17+,18-/m0/s1. The smallest absolute Gasteiger partial charge is 0.307 e. The van der Waals surface area contributed by atoms with Gasteiger partial charge < -0.3 is 10.1 Å². The topological polar surface area (TPSA) is 133 Å². The van der Waals surface area contributed by atoms with Gasteiger partial charge in [0.2, 0.25) is 6.54 Å². The zero-order valence-electron chi connectivity index (χ0n) is 17.0. The number of Topliss-reactive ketones (excluding diaryl/α,β-unsaturated/α-hetero) is 2. The van der Waals surface area contributed by atoms with Gasteiger partial charge in [-0.1, -0.05) is 37.3 Å². The number of carbonyl (C=O) groups is 4. The molecule has 1 aromatic rings. The summed E-state index contributed by atoms with van der Waals surface area (Å²) in [5.74, 6) is -3.31.